The lowest BCUT2D eigenvalue weighted by Gasteiger charge is -2.22. The van der Waals surface area contributed by atoms with Crippen molar-refractivity contribution in [3.05, 3.63) is 53.5 Å². The van der Waals surface area contributed by atoms with Crippen LogP contribution >= 0.6 is 0 Å². The highest BCUT2D eigenvalue weighted by atomic mass is 16.5. The predicted molar refractivity (Wildman–Crippen MR) is 138 cm³/mol. The molecule has 2 atom stereocenters. The van der Waals surface area contributed by atoms with Crippen molar-refractivity contribution in [1.29, 1.82) is 0 Å². The maximum atomic E-state index is 12.4. The van der Waals surface area contributed by atoms with E-state index in [0.717, 1.165) is 29.0 Å². The molecule has 36 heavy (non-hydrogen) atoms. The number of nitrogens with two attached hydrogens (primary N) is 1. The summed E-state index contributed by atoms with van der Waals surface area (Å²) in [6.45, 7) is 9.28. The molecule has 3 aromatic rings. The van der Waals surface area contributed by atoms with Gasteiger partial charge < -0.3 is 25.3 Å². The van der Waals surface area contributed by atoms with Crippen LogP contribution in [0.3, 0.4) is 0 Å². The number of fused-ring (bicyclic) bond motifs is 1. The molecule has 1 saturated heterocycles. The van der Waals surface area contributed by atoms with Gasteiger partial charge in [0.1, 0.15) is 17.2 Å². The van der Waals surface area contributed by atoms with E-state index in [1.165, 1.54) is 6.08 Å². The number of aryl methyl sites for hydroxylation is 2. The van der Waals surface area contributed by atoms with Gasteiger partial charge in [-0.25, -0.2) is 9.67 Å². The minimum Gasteiger partial charge on any atom is -0.383 e. The number of aromatic nitrogens is 4. The number of rotatable bonds is 7. The van der Waals surface area contributed by atoms with Crippen LogP contribution in [0.25, 0.3) is 11.0 Å². The largest absolute Gasteiger partial charge is 0.383 e. The molecule has 2 amide bonds. The Morgan fingerprint density at radius 3 is 2.78 bits per heavy atom. The van der Waals surface area contributed by atoms with E-state index in [1.807, 2.05) is 25.1 Å². The third-order valence-electron chi connectivity index (χ3n) is 6.53. The minimum absolute atomic E-state index is 0.135. The van der Waals surface area contributed by atoms with Crippen LogP contribution in [0.15, 0.2) is 30.9 Å². The number of ether oxygens (including phenoxy) is 1. The summed E-state index contributed by atoms with van der Waals surface area (Å²) in [7, 11) is 3.30. The quantitative estimate of drug-likeness (QED) is 0.387. The second kappa shape index (κ2) is 10.3. The summed E-state index contributed by atoms with van der Waals surface area (Å²) in [5.41, 5.74) is 8.90. The van der Waals surface area contributed by atoms with Gasteiger partial charge in [0.25, 0.3) is 5.91 Å². The summed E-state index contributed by atoms with van der Waals surface area (Å²) in [4.78, 5) is 31.2. The Labute approximate surface area is 210 Å². The van der Waals surface area contributed by atoms with Gasteiger partial charge in [-0.15, -0.1) is 0 Å². The van der Waals surface area contributed by atoms with Gasteiger partial charge in [0.05, 0.1) is 29.7 Å². The maximum absolute atomic E-state index is 12.4. The number of likely N-dealkylation sites (tertiary alicyclic amines) is 1. The minimum atomic E-state index is -0.631. The van der Waals surface area contributed by atoms with Crippen molar-refractivity contribution in [3.63, 3.8) is 0 Å². The molecule has 0 radical (unpaired) electrons. The number of carbonyl (C=O) groups is 2. The van der Waals surface area contributed by atoms with Crippen molar-refractivity contribution in [2.24, 2.45) is 5.73 Å². The van der Waals surface area contributed by atoms with Crippen molar-refractivity contribution < 1.29 is 14.3 Å². The molecule has 1 fully saturated rings. The standard InChI is InChI=1S/C26H31N7O3/c1-6-23(34)32-14-18(13-19(32)15-36-5)33-26(28-4)24(25(27)35)20(30-33)10-8-17-9-11-22-21(12-17)29-16(3)31(22)7-2/h6,9,11-12,18-19,28H,1,7,13-15H2,2-5H3,(H2,27,35)/t18-,19+/m0/s1. The predicted octanol–water partition coefficient (Wildman–Crippen LogP) is 2.08. The van der Waals surface area contributed by atoms with E-state index in [1.54, 1.807) is 23.7 Å². The van der Waals surface area contributed by atoms with Crippen LogP contribution in [0, 0.1) is 18.8 Å². The highest BCUT2D eigenvalue weighted by Crippen LogP contribution is 2.32. The third-order valence-corrected chi connectivity index (χ3v) is 6.53. The molecular formula is C26H31N7O3. The van der Waals surface area contributed by atoms with Crippen LogP contribution in [0.1, 0.15) is 46.8 Å². The van der Waals surface area contributed by atoms with Crippen molar-refractivity contribution in [1.82, 2.24) is 24.2 Å². The Balaban J connectivity index is 1.72. The number of benzene rings is 1. The van der Waals surface area contributed by atoms with Crippen LogP contribution in [0.2, 0.25) is 0 Å². The second-order valence-corrected chi connectivity index (χ2v) is 8.68. The SMILES string of the molecule is C=CC(=O)N1C[C@@H](n2nc(C#Cc3ccc4c(c3)nc(C)n4CC)c(C(N)=O)c2NC)C[C@@H]1COC. The number of primary amides is 1. The highest BCUT2D eigenvalue weighted by Gasteiger charge is 2.37. The highest BCUT2D eigenvalue weighted by molar-refractivity contribution is 6.00. The lowest BCUT2D eigenvalue weighted by Crippen LogP contribution is -2.37. The maximum Gasteiger partial charge on any atom is 0.255 e. The van der Waals surface area contributed by atoms with E-state index < -0.39 is 5.91 Å². The molecular weight excluding hydrogens is 458 g/mol. The molecule has 1 aromatic carbocycles. The van der Waals surface area contributed by atoms with Crippen molar-refractivity contribution >= 4 is 28.7 Å². The zero-order valence-electron chi connectivity index (χ0n) is 21.0. The molecule has 188 valence electrons. The summed E-state index contributed by atoms with van der Waals surface area (Å²) in [5, 5.41) is 7.71. The Kier molecular flexibility index (Phi) is 7.12. The molecule has 4 rings (SSSR count). The number of anilines is 1. The Morgan fingerprint density at radius 2 is 2.14 bits per heavy atom. The van der Waals surface area contributed by atoms with Gasteiger partial charge in [-0.2, -0.15) is 5.10 Å². The summed E-state index contributed by atoms with van der Waals surface area (Å²) in [6, 6.07) is 5.52. The molecule has 1 aliphatic heterocycles. The van der Waals surface area contributed by atoms with Gasteiger partial charge in [0, 0.05) is 32.8 Å². The number of hydrogen-bond donors (Lipinski definition) is 2. The molecule has 0 bridgehead atoms. The van der Waals surface area contributed by atoms with Crippen molar-refractivity contribution in [3.8, 4) is 11.8 Å². The zero-order valence-corrected chi connectivity index (χ0v) is 21.0. The van der Waals surface area contributed by atoms with Crippen LogP contribution in [0.4, 0.5) is 5.82 Å². The fourth-order valence-corrected chi connectivity index (χ4v) is 4.92. The van der Waals surface area contributed by atoms with Crippen LogP contribution in [0.5, 0.6) is 0 Å². The summed E-state index contributed by atoms with van der Waals surface area (Å²) < 4.78 is 9.16. The van der Waals surface area contributed by atoms with Crippen LogP contribution < -0.4 is 11.1 Å². The molecule has 0 aliphatic carbocycles. The fourth-order valence-electron chi connectivity index (χ4n) is 4.92. The average molecular weight is 490 g/mol. The fraction of sp³-hybridized carbons (Fsp3) is 0.385. The summed E-state index contributed by atoms with van der Waals surface area (Å²) >= 11 is 0. The van der Waals surface area contributed by atoms with Crippen LogP contribution in [-0.2, 0) is 16.1 Å². The smallest absolute Gasteiger partial charge is 0.255 e. The van der Waals surface area contributed by atoms with E-state index in [2.05, 4.69) is 45.3 Å². The second-order valence-electron chi connectivity index (χ2n) is 8.68. The first-order valence-electron chi connectivity index (χ1n) is 11.8. The molecule has 2 aromatic heterocycles. The third kappa shape index (κ3) is 4.45. The number of amides is 2. The molecule has 3 heterocycles. The number of nitrogens with zero attached hydrogens (tertiary/aromatic N) is 5. The van der Waals surface area contributed by atoms with Gasteiger partial charge in [-0.05, 0) is 50.5 Å². The molecule has 0 saturated carbocycles. The Bertz CT molecular complexity index is 1390. The van der Waals surface area contributed by atoms with Crippen molar-refractivity contribution in [2.75, 3.05) is 32.6 Å². The molecule has 0 unspecified atom stereocenters. The Hall–Kier alpha value is -4.10. The number of carbonyl (C=O) groups excluding carboxylic acids is 2. The number of hydrogen-bond acceptors (Lipinski definition) is 6. The van der Waals surface area contributed by atoms with E-state index in [0.29, 0.717) is 25.4 Å². The molecule has 10 heteroatoms. The summed E-state index contributed by atoms with van der Waals surface area (Å²) in [6.07, 6.45) is 1.89. The zero-order chi connectivity index (χ0) is 26.0. The van der Waals surface area contributed by atoms with Gasteiger partial charge in [0.15, 0.2) is 5.69 Å². The van der Waals surface area contributed by atoms with Crippen LogP contribution in [-0.4, -0.2) is 69.4 Å². The van der Waals surface area contributed by atoms with E-state index >= 15 is 0 Å². The van der Waals surface area contributed by atoms with Gasteiger partial charge >= 0.3 is 0 Å². The van der Waals surface area contributed by atoms with Crippen molar-refractivity contribution in [2.45, 2.75) is 38.9 Å². The first-order chi connectivity index (χ1) is 17.3. The summed E-state index contributed by atoms with van der Waals surface area (Å²) in [5.74, 6) is 6.74. The normalized spacial score (nSPS) is 17.2. The molecule has 10 nitrogen and oxygen atoms in total. The first kappa shape index (κ1) is 25.0. The van der Waals surface area contributed by atoms with Gasteiger partial charge in [0.2, 0.25) is 5.91 Å². The number of methoxy groups -OCH3 is 1. The van der Waals surface area contributed by atoms with E-state index in [-0.39, 0.29) is 29.2 Å². The topological polar surface area (TPSA) is 120 Å². The lowest BCUT2D eigenvalue weighted by atomic mass is 10.1. The lowest BCUT2D eigenvalue weighted by molar-refractivity contribution is -0.127. The monoisotopic (exact) mass is 489 g/mol. The van der Waals surface area contributed by atoms with E-state index in [9.17, 15) is 9.59 Å². The number of nitrogens with one attached hydrogen (secondary N) is 1. The Morgan fingerprint density at radius 1 is 1.36 bits per heavy atom. The number of imidazole rings is 1. The molecule has 1 aliphatic rings. The average Bonchev–Trinajstić information content (AvgIpc) is 3.54. The van der Waals surface area contributed by atoms with Gasteiger partial charge in [-0.3, -0.25) is 9.59 Å². The molecule has 0 spiro atoms. The van der Waals surface area contributed by atoms with E-state index in [4.69, 9.17) is 10.5 Å². The molecule has 3 N–H and O–H groups in total. The van der Waals surface area contributed by atoms with Gasteiger partial charge in [-0.1, -0.05) is 12.5 Å². The first-order valence-corrected chi connectivity index (χ1v) is 11.8.